The fraction of sp³-hybridized carbons (Fsp3) is 0.389. The molecule has 1 aliphatic carbocycles. The topological polar surface area (TPSA) is 65.5 Å². The maximum atomic E-state index is 12.8. The molecule has 0 saturated carbocycles. The normalized spacial score (nSPS) is 20.2. The molecular weight excluding hydrogens is 294 g/mol. The van der Waals surface area contributed by atoms with Gasteiger partial charge in [0, 0.05) is 17.5 Å². The quantitative estimate of drug-likeness (QED) is 0.798. The van der Waals surface area contributed by atoms with Gasteiger partial charge in [-0.25, -0.2) is 9.59 Å². The molecule has 0 spiro atoms. The van der Waals surface area contributed by atoms with Crippen LogP contribution in [0.1, 0.15) is 40.9 Å². The molecule has 0 radical (unpaired) electrons. The Morgan fingerprint density at radius 3 is 2.87 bits per heavy atom. The molecule has 0 amide bonds. The number of ether oxygens (including phenoxy) is 2. The third-order valence-electron chi connectivity index (χ3n) is 4.51. The molecule has 4 rings (SSSR count). The van der Waals surface area contributed by atoms with Gasteiger partial charge in [-0.05, 0) is 37.3 Å². The Kier molecular flexibility index (Phi) is 3.48. The van der Waals surface area contributed by atoms with E-state index < -0.39 is 18.0 Å². The van der Waals surface area contributed by atoms with E-state index in [9.17, 15) is 9.59 Å². The highest BCUT2D eigenvalue weighted by molar-refractivity contribution is 6.05. The maximum Gasteiger partial charge on any atom is 0.347 e. The van der Waals surface area contributed by atoms with E-state index in [2.05, 4.69) is 0 Å². The van der Waals surface area contributed by atoms with Crippen LogP contribution in [0.5, 0.6) is 0 Å². The van der Waals surface area contributed by atoms with Crippen molar-refractivity contribution in [3.05, 3.63) is 41.1 Å². The van der Waals surface area contributed by atoms with Crippen molar-refractivity contribution < 1.29 is 19.1 Å². The van der Waals surface area contributed by atoms with Gasteiger partial charge in [0.05, 0.1) is 17.7 Å². The summed E-state index contributed by atoms with van der Waals surface area (Å²) in [6, 6.07) is 7.60. The van der Waals surface area contributed by atoms with Gasteiger partial charge in [-0.1, -0.05) is 18.2 Å². The van der Waals surface area contributed by atoms with Crippen molar-refractivity contribution in [1.82, 2.24) is 4.98 Å². The summed E-state index contributed by atoms with van der Waals surface area (Å²) < 4.78 is 10.3. The number of aryl methyl sites for hydroxylation is 1. The van der Waals surface area contributed by atoms with E-state index in [1.807, 2.05) is 24.3 Å². The Hall–Kier alpha value is -2.43. The van der Waals surface area contributed by atoms with Crippen LogP contribution in [-0.4, -0.2) is 29.6 Å². The summed E-state index contributed by atoms with van der Waals surface area (Å²) in [5, 5.41) is 0.796. The maximum absolute atomic E-state index is 12.8. The number of aromatic nitrogens is 1. The molecule has 1 fully saturated rings. The van der Waals surface area contributed by atoms with Gasteiger partial charge < -0.3 is 9.47 Å². The average Bonchev–Trinajstić information content (AvgIpc) is 2.97. The van der Waals surface area contributed by atoms with Crippen LogP contribution in [-0.2, 0) is 27.1 Å². The van der Waals surface area contributed by atoms with E-state index in [0.717, 1.165) is 47.8 Å². The summed E-state index contributed by atoms with van der Waals surface area (Å²) in [5.41, 5.74) is 3.33. The van der Waals surface area contributed by atoms with Gasteiger partial charge in [-0.2, -0.15) is 0 Å². The number of hydrogen-bond donors (Lipinski definition) is 0. The SMILES string of the molecule is O=C(O[C@H]1CCOC1=O)c1c2c(nc3ccccc13)CCCC2. The third kappa shape index (κ3) is 2.46. The second-order valence-electron chi connectivity index (χ2n) is 5.99. The molecule has 118 valence electrons. The molecule has 2 heterocycles. The molecule has 1 atom stereocenters. The molecular formula is C18H17NO4. The number of esters is 2. The number of carbonyl (C=O) groups is 2. The number of fused-ring (bicyclic) bond motifs is 2. The first-order valence-corrected chi connectivity index (χ1v) is 8.02. The number of nitrogens with zero attached hydrogens (tertiary/aromatic N) is 1. The Bertz CT molecular complexity index is 799. The summed E-state index contributed by atoms with van der Waals surface area (Å²) in [6.45, 7) is 0.311. The predicted molar refractivity (Wildman–Crippen MR) is 83.2 cm³/mol. The van der Waals surface area contributed by atoms with Gasteiger partial charge in [-0.3, -0.25) is 4.98 Å². The number of benzene rings is 1. The van der Waals surface area contributed by atoms with Crippen LogP contribution in [0.3, 0.4) is 0 Å². The fourth-order valence-corrected chi connectivity index (χ4v) is 3.38. The molecule has 1 saturated heterocycles. The van der Waals surface area contributed by atoms with E-state index in [4.69, 9.17) is 14.5 Å². The molecule has 1 aromatic heterocycles. The Morgan fingerprint density at radius 2 is 2.04 bits per heavy atom. The van der Waals surface area contributed by atoms with Crippen LogP contribution in [0.2, 0.25) is 0 Å². The average molecular weight is 311 g/mol. The van der Waals surface area contributed by atoms with Crippen molar-refractivity contribution in [3.8, 4) is 0 Å². The number of pyridine rings is 1. The first kappa shape index (κ1) is 14.2. The molecule has 2 aliphatic rings. The van der Waals surface area contributed by atoms with Crippen molar-refractivity contribution in [2.24, 2.45) is 0 Å². The van der Waals surface area contributed by atoms with E-state index in [1.54, 1.807) is 0 Å². The Balaban J connectivity index is 1.80. The minimum absolute atomic E-state index is 0.311. The first-order valence-electron chi connectivity index (χ1n) is 8.02. The summed E-state index contributed by atoms with van der Waals surface area (Å²) in [7, 11) is 0. The van der Waals surface area contributed by atoms with Crippen LogP contribution in [0, 0.1) is 0 Å². The molecule has 5 nitrogen and oxygen atoms in total. The zero-order valence-electron chi connectivity index (χ0n) is 12.7. The monoisotopic (exact) mass is 311 g/mol. The number of rotatable bonds is 2. The van der Waals surface area contributed by atoms with Crippen molar-refractivity contribution in [1.29, 1.82) is 0 Å². The summed E-state index contributed by atoms with van der Waals surface area (Å²) in [6.07, 6.45) is 3.48. The van der Waals surface area contributed by atoms with E-state index in [-0.39, 0.29) is 0 Å². The largest absolute Gasteiger partial charge is 0.463 e. The van der Waals surface area contributed by atoms with Crippen LogP contribution in [0.25, 0.3) is 10.9 Å². The van der Waals surface area contributed by atoms with Gasteiger partial charge in [0.1, 0.15) is 0 Å². The standard InChI is InChI=1S/C18H17NO4/c20-17-15(9-10-22-17)23-18(21)16-11-5-1-3-7-13(11)19-14-8-4-2-6-12(14)16/h1,3,5,7,15H,2,4,6,8-10H2/t15-/m0/s1. The lowest BCUT2D eigenvalue weighted by molar-refractivity contribution is -0.145. The summed E-state index contributed by atoms with van der Waals surface area (Å²) in [4.78, 5) is 29.1. The van der Waals surface area contributed by atoms with Gasteiger partial charge in [-0.15, -0.1) is 0 Å². The molecule has 5 heteroatoms. The van der Waals surface area contributed by atoms with Gasteiger partial charge in [0.25, 0.3) is 0 Å². The van der Waals surface area contributed by atoms with E-state index >= 15 is 0 Å². The predicted octanol–water partition coefficient (Wildman–Crippen LogP) is 2.59. The Labute approximate surface area is 133 Å². The minimum Gasteiger partial charge on any atom is -0.463 e. The van der Waals surface area contributed by atoms with Crippen molar-refractivity contribution >= 4 is 22.8 Å². The van der Waals surface area contributed by atoms with Crippen LogP contribution in [0.15, 0.2) is 24.3 Å². The molecule has 23 heavy (non-hydrogen) atoms. The number of hydrogen-bond acceptors (Lipinski definition) is 5. The highest BCUT2D eigenvalue weighted by Gasteiger charge is 2.32. The number of para-hydroxylation sites is 1. The van der Waals surface area contributed by atoms with Crippen molar-refractivity contribution in [3.63, 3.8) is 0 Å². The molecule has 0 N–H and O–H groups in total. The smallest absolute Gasteiger partial charge is 0.347 e. The lowest BCUT2D eigenvalue weighted by Crippen LogP contribution is -2.24. The van der Waals surface area contributed by atoms with Crippen LogP contribution >= 0.6 is 0 Å². The number of carbonyl (C=O) groups excluding carboxylic acids is 2. The van der Waals surface area contributed by atoms with Crippen LogP contribution < -0.4 is 0 Å². The third-order valence-corrected chi connectivity index (χ3v) is 4.51. The lowest BCUT2D eigenvalue weighted by Gasteiger charge is -2.20. The lowest BCUT2D eigenvalue weighted by atomic mass is 9.90. The molecule has 1 aromatic carbocycles. The zero-order valence-corrected chi connectivity index (χ0v) is 12.7. The molecule has 0 bridgehead atoms. The Morgan fingerprint density at radius 1 is 1.22 bits per heavy atom. The van der Waals surface area contributed by atoms with Crippen molar-refractivity contribution in [2.75, 3.05) is 6.61 Å². The van der Waals surface area contributed by atoms with Crippen LogP contribution in [0.4, 0.5) is 0 Å². The minimum atomic E-state index is -0.784. The highest BCUT2D eigenvalue weighted by atomic mass is 16.6. The van der Waals surface area contributed by atoms with E-state index in [1.165, 1.54) is 0 Å². The van der Waals surface area contributed by atoms with Gasteiger partial charge in [0.2, 0.25) is 6.10 Å². The summed E-state index contributed by atoms with van der Waals surface area (Å²) >= 11 is 0. The summed E-state index contributed by atoms with van der Waals surface area (Å²) in [5.74, 6) is -0.892. The number of cyclic esters (lactones) is 1. The first-order chi connectivity index (χ1) is 11.2. The van der Waals surface area contributed by atoms with Gasteiger partial charge >= 0.3 is 11.9 Å². The highest BCUT2D eigenvalue weighted by Crippen LogP contribution is 2.30. The molecule has 2 aromatic rings. The van der Waals surface area contributed by atoms with E-state index in [0.29, 0.717) is 18.6 Å². The fourth-order valence-electron chi connectivity index (χ4n) is 3.38. The second-order valence-corrected chi connectivity index (χ2v) is 5.99. The van der Waals surface area contributed by atoms with Crippen molar-refractivity contribution in [2.45, 2.75) is 38.2 Å². The second kappa shape index (κ2) is 5.65. The molecule has 1 aliphatic heterocycles. The zero-order chi connectivity index (χ0) is 15.8. The van der Waals surface area contributed by atoms with Gasteiger partial charge in [0.15, 0.2) is 0 Å². The molecule has 0 unspecified atom stereocenters.